The van der Waals surface area contributed by atoms with Gasteiger partial charge >= 0.3 is 12.1 Å². The first-order valence-electron chi connectivity index (χ1n) is 6.07. The Kier molecular flexibility index (Phi) is 5.52. The summed E-state index contributed by atoms with van der Waals surface area (Å²) in [5.41, 5.74) is -0.909. The normalized spacial score (nSPS) is 12.5. The molecule has 0 saturated heterocycles. The van der Waals surface area contributed by atoms with Gasteiger partial charge in [0.05, 0.1) is 5.56 Å². The monoisotopic (exact) mass is 301 g/mol. The molecule has 1 aromatic carbocycles. The minimum Gasteiger partial charge on any atom is -0.480 e. The number of carbonyl (C=O) groups excluding carboxylic acids is 1. The predicted molar refractivity (Wildman–Crippen MR) is 69.8 cm³/mol. The number of carboxylic acid groups (broad SMARTS) is 1. The van der Waals surface area contributed by atoms with Crippen LogP contribution in [0.2, 0.25) is 0 Å². The van der Waals surface area contributed by atoms with Gasteiger partial charge in [-0.2, -0.15) is 13.2 Å². The van der Waals surface area contributed by atoms with Crippen molar-refractivity contribution in [2.75, 3.05) is 0 Å². The molecule has 0 spiro atoms. The Morgan fingerprint density at radius 3 is 2.29 bits per heavy atom. The lowest BCUT2D eigenvalue weighted by Gasteiger charge is -2.14. The Labute approximate surface area is 119 Å². The van der Waals surface area contributed by atoms with Crippen molar-refractivity contribution in [1.29, 1.82) is 0 Å². The average molecular weight is 301 g/mol. The molecule has 0 heterocycles. The zero-order valence-electron chi connectivity index (χ0n) is 11.0. The van der Waals surface area contributed by atoms with E-state index in [9.17, 15) is 22.8 Å². The van der Waals surface area contributed by atoms with E-state index in [0.29, 0.717) is 6.42 Å². The van der Waals surface area contributed by atoms with E-state index in [1.165, 1.54) is 6.08 Å². The number of hydrogen-bond donors (Lipinski definition) is 2. The summed E-state index contributed by atoms with van der Waals surface area (Å²) >= 11 is 0. The van der Waals surface area contributed by atoms with Crippen molar-refractivity contribution in [3.05, 3.63) is 48.0 Å². The van der Waals surface area contributed by atoms with E-state index in [4.69, 9.17) is 5.11 Å². The predicted octanol–water partition coefficient (Wildman–Crippen LogP) is 2.85. The van der Waals surface area contributed by atoms with Crippen LogP contribution in [-0.4, -0.2) is 23.0 Å². The summed E-state index contributed by atoms with van der Waals surface area (Å²) in [6.45, 7) is 3.45. The highest BCUT2D eigenvalue weighted by Crippen LogP contribution is 2.29. The lowest BCUT2D eigenvalue weighted by atomic mass is 10.1. The van der Waals surface area contributed by atoms with Crippen molar-refractivity contribution < 1.29 is 27.9 Å². The van der Waals surface area contributed by atoms with Crippen LogP contribution in [0.1, 0.15) is 28.8 Å². The molecule has 21 heavy (non-hydrogen) atoms. The molecule has 0 aliphatic heterocycles. The molecule has 0 bridgehead atoms. The van der Waals surface area contributed by atoms with Gasteiger partial charge in [0, 0.05) is 5.56 Å². The maximum atomic E-state index is 12.4. The molecule has 0 unspecified atom stereocenters. The maximum Gasteiger partial charge on any atom is 0.416 e. The molecule has 1 atom stereocenters. The summed E-state index contributed by atoms with van der Waals surface area (Å²) in [7, 11) is 0. The van der Waals surface area contributed by atoms with E-state index in [1.54, 1.807) is 0 Å². The molecule has 2 N–H and O–H groups in total. The Hall–Kier alpha value is -2.31. The number of amides is 1. The third-order valence-corrected chi connectivity index (χ3v) is 2.74. The zero-order chi connectivity index (χ0) is 16.0. The molecule has 0 saturated carbocycles. The van der Waals surface area contributed by atoms with Crippen LogP contribution >= 0.6 is 0 Å². The van der Waals surface area contributed by atoms with Gasteiger partial charge < -0.3 is 10.4 Å². The summed E-state index contributed by atoms with van der Waals surface area (Å²) in [5.74, 6) is -1.95. The van der Waals surface area contributed by atoms with Crippen LogP contribution < -0.4 is 5.32 Å². The first-order chi connectivity index (χ1) is 9.75. The molecular weight excluding hydrogens is 287 g/mol. The number of halogens is 3. The van der Waals surface area contributed by atoms with Crippen LogP contribution in [-0.2, 0) is 11.0 Å². The van der Waals surface area contributed by atoms with Crippen LogP contribution in [0.25, 0.3) is 0 Å². The summed E-state index contributed by atoms with van der Waals surface area (Å²) < 4.78 is 37.2. The standard InChI is InChI=1S/C14H14F3NO3/c1-2-3-4-11(13(20)21)18-12(19)9-5-7-10(8-6-9)14(15,16)17/h2,5-8,11H,1,3-4H2,(H,18,19)(H,20,21)/t11-/m0/s1. The molecule has 0 radical (unpaired) electrons. The smallest absolute Gasteiger partial charge is 0.416 e. The zero-order valence-corrected chi connectivity index (χ0v) is 11.0. The number of hydrogen-bond acceptors (Lipinski definition) is 2. The Bertz CT molecular complexity index is 523. The number of aliphatic carboxylic acids is 1. The molecule has 1 aromatic rings. The summed E-state index contributed by atoms with van der Waals surface area (Å²) in [4.78, 5) is 22.8. The van der Waals surface area contributed by atoms with E-state index < -0.39 is 29.7 Å². The quantitative estimate of drug-likeness (QED) is 0.794. The fourth-order valence-corrected chi connectivity index (χ4v) is 1.59. The lowest BCUT2D eigenvalue weighted by Crippen LogP contribution is -2.40. The molecule has 1 amide bonds. The Balaban J connectivity index is 2.78. The minimum atomic E-state index is -4.48. The molecule has 0 fully saturated rings. The molecule has 0 aromatic heterocycles. The Morgan fingerprint density at radius 2 is 1.86 bits per heavy atom. The molecule has 0 aliphatic rings. The third kappa shape index (κ3) is 4.94. The van der Waals surface area contributed by atoms with Crippen molar-refractivity contribution in [2.45, 2.75) is 25.1 Å². The average Bonchev–Trinajstić information content (AvgIpc) is 2.42. The van der Waals surface area contributed by atoms with Gasteiger partial charge in [-0.25, -0.2) is 4.79 Å². The van der Waals surface area contributed by atoms with Gasteiger partial charge in [0.25, 0.3) is 5.91 Å². The van der Waals surface area contributed by atoms with Gasteiger partial charge in [0.15, 0.2) is 0 Å². The highest BCUT2D eigenvalue weighted by atomic mass is 19.4. The minimum absolute atomic E-state index is 0.0344. The molecule has 0 aliphatic carbocycles. The topological polar surface area (TPSA) is 66.4 Å². The number of carboxylic acids is 1. The highest BCUT2D eigenvalue weighted by Gasteiger charge is 2.30. The van der Waals surface area contributed by atoms with Crippen LogP contribution in [0.15, 0.2) is 36.9 Å². The molecule has 1 rings (SSSR count). The second-order valence-corrected chi connectivity index (χ2v) is 4.31. The number of benzene rings is 1. The second kappa shape index (κ2) is 6.92. The molecular formula is C14H14F3NO3. The van der Waals surface area contributed by atoms with Gasteiger partial charge in [-0.3, -0.25) is 4.79 Å². The number of rotatable bonds is 6. The van der Waals surface area contributed by atoms with E-state index in [0.717, 1.165) is 24.3 Å². The third-order valence-electron chi connectivity index (χ3n) is 2.74. The van der Waals surface area contributed by atoms with Crippen molar-refractivity contribution in [2.24, 2.45) is 0 Å². The van der Waals surface area contributed by atoms with Crippen molar-refractivity contribution >= 4 is 11.9 Å². The van der Waals surface area contributed by atoms with Gasteiger partial charge in [-0.15, -0.1) is 6.58 Å². The summed E-state index contributed by atoms with van der Waals surface area (Å²) in [6.07, 6.45) is -2.42. The first kappa shape index (κ1) is 16.7. The number of alkyl halides is 3. The van der Waals surface area contributed by atoms with Crippen molar-refractivity contribution in [3.63, 3.8) is 0 Å². The van der Waals surface area contributed by atoms with E-state index in [1.807, 2.05) is 0 Å². The maximum absolute atomic E-state index is 12.4. The highest BCUT2D eigenvalue weighted by molar-refractivity contribution is 5.96. The fraction of sp³-hybridized carbons (Fsp3) is 0.286. The van der Waals surface area contributed by atoms with Crippen molar-refractivity contribution in [1.82, 2.24) is 5.32 Å². The van der Waals surface area contributed by atoms with Gasteiger partial charge in [-0.1, -0.05) is 6.08 Å². The molecule has 7 heteroatoms. The number of nitrogens with one attached hydrogen (secondary N) is 1. The van der Waals surface area contributed by atoms with Crippen LogP contribution in [0.3, 0.4) is 0 Å². The van der Waals surface area contributed by atoms with E-state index in [-0.39, 0.29) is 12.0 Å². The van der Waals surface area contributed by atoms with E-state index >= 15 is 0 Å². The van der Waals surface area contributed by atoms with Crippen LogP contribution in [0, 0.1) is 0 Å². The summed E-state index contributed by atoms with van der Waals surface area (Å²) in [6, 6.07) is 2.44. The number of carbonyl (C=O) groups is 2. The first-order valence-corrected chi connectivity index (χ1v) is 6.07. The summed E-state index contributed by atoms with van der Waals surface area (Å²) in [5, 5.41) is 11.2. The van der Waals surface area contributed by atoms with E-state index in [2.05, 4.69) is 11.9 Å². The van der Waals surface area contributed by atoms with Crippen LogP contribution in [0.4, 0.5) is 13.2 Å². The fourth-order valence-electron chi connectivity index (χ4n) is 1.59. The Morgan fingerprint density at radius 1 is 1.29 bits per heavy atom. The van der Waals surface area contributed by atoms with Gasteiger partial charge in [0.2, 0.25) is 0 Å². The lowest BCUT2D eigenvalue weighted by molar-refractivity contribution is -0.139. The largest absolute Gasteiger partial charge is 0.480 e. The number of allylic oxidation sites excluding steroid dienone is 1. The molecule has 4 nitrogen and oxygen atoms in total. The SMILES string of the molecule is C=CCC[C@H](NC(=O)c1ccc(C(F)(F)F)cc1)C(=O)O. The van der Waals surface area contributed by atoms with Gasteiger partial charge in [0.1, 0.15) is 6.04 Å². The van der Waals surface area contributed by atoms with Crippen molar-refractivity contribution in [3.8, 4) is 0 Å². The molecule has 114 valence electrons. The second-order valence-electron chi connectivity index (χ2n) is 4.31. The van der Waals surface area contributed by atoms with Crippen LogP contribution in [0.5, 0.6) is 0 Å². The van der Waals surface area contributed by atoms with Gasteiger partial charge in [-0.05, 0) is 37.1 Å².